The molecule has 0 spiro atoms. The summed E-state index contributed by atoms with van der Waals surface area (Å²) in [5, 5.41) is 10.5. The van der Waals surface area contributed by atoms with E-state index in [2.05, 4.69) is 14.4 Å². The molecule has 4 rings (SSSR count). The minimum atomic E-state index is -2.85. The third-order valence-electron chi connectivity index (χ3n) is 7.22. The summed E-state index contributed by atoms with van der Waals surface area (Å²) in [6.07, 6.45) is 5.27. The lowest BCUT2D eigenvalue weighted by atomic mass is 9.99. The van der Waals surface area contributed by atoms with Gasteiger partial charge in [-0.15, -0.1) is 0 Å². The Bertz CT molecular complexity index is 1030. The third kappa shape index (κ3) is 7.71. The molecule has 0 unspecified atom stereocenters. The van der Waals surface area contributed by atoms with Crippen molar-refractivity contribution in [2.75, 3.05) is 6.61 Å². The summed E-state index contributed by atoms with van der Waals surface area (Å²) in [6.45, 7) is -5.69. The summed E-state index contributed by atoms with van der Waals surface area (Å²) in [5.41, 5.74) is 3.15. The standard InChI is InChI=1S/C30H33F4NO3/c31-29(32)37-26-16-8-21(9-17-26)6-12-24-14-15-25(35(24)28(20-36)23-4-2-1-3-5-23)13-7-22-10-18-27(19-11-22)38-30(33)34/h1-5,8-11,16-19,24-25,28-30,36H,6-7,12-15,20H2/t24-,25-,28+/m1/s1. The zero-order chi connectivity index (χ0) is 26.9. The number of aliphatic hydroxyl groups is 1. The zero-order valence-corrected chi connectivity index (χ0v) is 21.1. The maximum atomic E-state index is 12.5. The van der Waals surface area contributed by atoms with Gasteiger partial charge in [-0.05, 0) is 79.5 Å². The smallest absolute Gasteiger partial charge is 0.387 e. The molecule has 1 fully saturated rings. The first kappa shape index (κ1) is 27.9. The molecular weight excluding hydrogens is 498 g/mol. The SMILES string of the molecule is OC[C@@H](c1ccccc1)N1[C@H](CCc2ccc(OC(F)F)cc2)CC[C@H]1CCc1ccc(OC(F)F)cc1. The second-order valence-corrected chi connectivity index (χ2v) is 9.56. The molecule has 1 N–H and O–H groups in total. The average Bonchev–Trinajstić information content (AvgIpc) is 3.31. The van der Waals surface area contributed by atoms with Crippen molar-refractivity contribution in [3.63, 3.8) is 0 Å². The number of ether oxygens (including phenoxy) is 2. The first-order chi connectivity index (χ1) is 18.4. The van der Waals surface area contributed by atoms with Crippen LogP contribution in [-0.2, 0) is 12.8 Å². The van der Waals surface area contributed by atoms with Crippen molar-refractivity contribution >= 4 is 0 Å². The number of nitrogens with zero attached hydrogens (tertiary/aromatic N) is 1. The zero-order valence-electron chi connectivity index (χ0n) is 21.1. The predicted octanol–water partition coefficient (Wildman–Crippen LogP) is 7.02. The van der Waals surface area contributed by atoms with Crippen LogP contribution in [0.4, 0.5) is 17.6 Å². The summed E-state index contributed by atoms with van der Waals surface area (Å²) in [4.78, 5) is 2.44. The molecule has 1 heterocycles. The molecule has 3 aromatic carbocycles. The predicted molar refractivity (Wildman–Crippen MR) is 138 cm³/mol. The fourth-order valence-electron chi connectivity index (χ4n) is 5.47. The number of halogens is 4. The molecule has 0 bridgehead atoms. The Labute approximate surface area is 220 Å². The van der Waals surface area contributed by atoms with E-state index in [-0.39, 0.29) is 36.2 Å². The number of rotatable bonds is 13. The Morgan fingerprint density at radius 3 is 1.53 bits per heavy atom. The Kier molecular flexibility index (Phi) is 10.0. The van der Waals surface area contributed by atoms with Crippen LogP contribution in [0.3, 0.4) is 0 Å². The summed E-state index contributed by atoms with van der Waals surface area (Å²) in [6, 6.07) is 23.9. The van der Waals surface area contributed by atoms with Gasteiger partial charge in [-0.1, -0.05) is 54.6 Å². The highest BCUT2D eigenvalue weighted by Crippen LogP contribution is 2.38. The number of aryl methyl sites for hydroxylation is 2. The second kappa shape index (κ2) is 13.6. The Morgan fingerprint density at radius 2 is 1.13 bits per heavy atom. The van der Waals surface area contributed by atoms with Crippen molar-refractivity contribution in [3.05, 3.63) is 95.6 Å². The van der Waals surface area contributed by atoms with Crippen molar-refractivity contribution in [1.29, 1.82) is 0 Å². The second-order valence-electron chi connectivity index (χ2n) is 9.56. The molecule has 3 aromatic rings. The normalized spacial score (nSPS) is 18.7. The van der Waals surface area contributed by atoms with Gasteiger partial charge < -0.3 is 14.6 Å². The average molecular weight is 532 g/mol. The largest absolute Gasteiger partial charge is 0.435 e. The van der Waals surface area contributed by atoms with E-state index in [1.807, 2.05) is 54.6 Å². The third-order valence-corrected chi connectivity index (χ3v) is 7.22. The summed E-state index contributed by atoms with van der Waals surface area (Å²) in [5.74, 6) is 0.286. The summed E-state index contributed by atoms with van der Waals surface area (Å²) >= 11 is 0. The van der Waals surface area contributed by atoms with E-state index in [4.69, 9.17) is 0 Å². The van der Waals surface area contributed by atoms with Gasteiger partial charge in [-0.25, -0.2) is 0 Å². The van der Waals surface area contributed by atoms with E-state index >= 15 is 0 Å². The Balaban J connectivity index is 1.45. The van der Waals surface area contributed by atoms with Gasteiger partial charge in [0.2, 0.25) is 0 Å². The lowest BCUT2D eigenvalue weighted by molar-refractivity contribution is -0.0505. The highest BCUT2D eigenvalue weighted by atomic mass is 19.3. The van der Waals surface area contributed by atoms with Crippen LogP contribution in [0, 0.1) is 0 Å². The van der Waals surface area contributed by atoms with E-state index in [0.29, 0.717) is 0 Å². The molecule has 0 aliphatic carbocycles. The van der Waals surface area contributed by atoms with E-state index < -0.39 is 13.2 Å². The number of alkyl halides is 4. The molecule has 1 aliphatic rings. The van der Waals surface area contributed by atoms with Crippen molar-refractivity contribution in [2.45, 2.75) is 69.9 Å². The first-order valence-electron chi connectivity index (χ1n) is 12.9. The van der Waals surface area contributed by atoms with Crippen LogP contribution in [0.15, 0.2) is 78.9 Å². The van der Waals surface area contributed by atoms with Gasteiger partial charge in [0.05, 0.1) is 12.6 Å². The molecule has 0 amide bonds. The van der Waals surface area contributed by atoms with Crippen molar-refractivity contribution in [1.82, 2.24) is 4.90 Å². The maximum Gasteiger partial charge on any atom is 0.387 e. The van der Waals surface area contributed by atoms with E-state index in [1.54, 1.807) is 24.3 Å². The molecule has 38 heavy (non-hydrogen) atoms. The molecular formula is C30H33F4NO3. The van der Waals surface area contributed by atoms with E-state index in [9.17, 15) is 22.7 Å². The number of benzene rings is 3. The highest BCUT2D eigenvalue weighted by molar-refractivity contribution is 5.29. The molecule has 1 saturated heterocycles. The van der Waals surface area contributed by atoms with Crippen LogP contribution in [0.2, 0.25) is 0 Å². The monoisotopic (exact) mass is 531 g/mol. The van der Waals surface area contributed by atoms with Gasteiger partial charge in [0, 0.05) is 12.1 Å². The molecule has 8 heteroatoms. The highest BCUT2D eigenvalue weighted by Gasteiger charge is 2.37. The quantitative estimate of drug-likeness (QED) is 0.241. The van der Waals surface area contributed by atoms with E-state index in [0.717, 1.165) is 55.2 Å². The van der Waals surface area contributed by atoms with Gasteiger partial charge >= 0.3 is 13.2 Å². The molecule has 3 atom stereocenters. The molecule has 1 aliphatic heterocycles. The molecule has 4 nitrogen and oxygen atoms in total. The van der Waals surface area contributed by atoms with Crippen molar-refractivity contribution < 1.29 is 32.1 Å². The van der Waals surface area contributed by atoms with Crippen LogP contribution in [0.1, 0.15) is 48.4 Å². The molecule has 0 radical (unpaired) electrons. The van der Waals surface area contributed by atoms with Crippen LogP contribution >= 0.6 is 0 Å². The lowest BCUT2D eigenvalue weighted by Crippen LogP contribution is -2.41. The minimum absolute atomic E-state index is 0.00363. The number of aliphatic hydroxyl groups excluding tert-OH is 1. The van der Waals surface area contributed by atoms with Crippen LogP contribution in [0.5, 0.6) is 11.5 Å². The van der Waals surface area contributed by atoms with Crippen molar-refractivity contribution in [2.24, 2.45) is 0 Å². The summed E-state index contributed by atoms with van der Waals surface area (Å²) in [7, 11) is 0. The number of hydrogen-bond acceptors (Lipinski definition) is 4. The Hall–Kier alpha value is -3.10. The van der Waals surface area contributed by atoms with Crippen LogP contribution in [-0.4, -0.2) is 41.9 Å². The topological polar surface area (TPSA) is 41.9 Å². The fraction of sp³-hybridized carbons (Fsp3) is 0.400. The summed E-state index contributed by atoms with van der Waals surface area (Å²) < 4.78 is 58.7. The van der Waals surface area contributed by atoms with Gasteiger partial charge in [0.15, 0.2) is 0 Å². The maximum absolute atomic E-state index is 12.5. The number of hydrogen-bond donors (Lipinski definition) is 1. The number of likely N-dealkylation sites (tertiary alicyclic amines) is 1. The minimum Gasteiger partial charge on any atom is -0.435 e. The Morgan fingerprint density at radius 1 is 0.684 bits per heavy atom. The fourth-order valence-corrected chi connectivity index (χ4v) is 5.47. The van der Waals surface area contributed by atoms with Crippen molar-refractivity contribution in [3.8, 4) is 11.5 Å². The van der Waals surface area contributed by atoms with Gasteiger partial charge in [-0.3, -0.25) is 4.90 Å². The van der Waals surface area contributed by atoms with Crippen LogP contribution in [0.25, 0.3) is 0 Å². The van der Waals surface area contributed by atoms with Gasteiger partial charge in [0.25, 0.3) is 0 Å². The van der Waals surface area contributed by atoms with E-state index in [1.165, 1.54) is 0 Å². The molecule has 204 valence electrons. The first-order valence-corrected chi connectivity index (χ1v) is 12.9. The molecule has 0 saturated carbocycles. The lowest BCUT2D eigenvalue weighted by Gasteiger charge is -2.37. The van der Waals surface area contributed by atoms with Gasteiger partial charge in [-0.2, -0.15) is 17.6 Å². The van der Waals surface area contributed by atoms with Crippen LogP contribution < -0.4 is 9.47 Å². The van der Waals surface area contributed by atoms with Gasteiger partial charge in [0.1, 0.15) is 11.5 Å². The molecule has 0 aromatic heterocycles.